The molecule has 4 aromatic heterocycles. The summed E-state index contributed by atoms with van der Waals surface area (Å²) in [5.74, 6) is 1.86. The van der Waals surface area contributed by atoms with Crippen LogP contribution < -0.4 is 0 Å². The molecular formula is C57H36N6. The molecule has 13 aromatic rings. The number of hydrogen-bond acceptors (Lipinski definition) is 3. The first-order chi connectivity index (χ1) is 31.3. The van der Waals surface area contributed by atoms with Crippen molar-refractivity contribution in [3.63, 3.8) is 0 Å². The van der Waals surface area contributed by atoms with E-state index in [2.05, 4.69) is 214 Å². The van der Waals surface area contributed by atoms with E-state index in [1.165, 1.54) is 43.4 Å². The van der Waals surface area contributed by atoms with E-state index in [9.17, 15) is 0 Å². The van der Waals surface area contributed by atoms with Gasteiger partial charge in [-0.15, -0.1) is 0 Å². The average molecular weight is 805 g/mol. The molecule has 0 N–H and O–H groups in total. The first kappa shape index (κ1) is 35.2. The SMILES string of the molecule is c1ccc(-c2nc(-c3ccc(-n4c5ccccc5c5c6c7ccccc7n(-c7ccccc7)c6ccc54)cc3)nc(-c3cccc(-n4c5ccccc5c5ccccc54)c3)n2)cc1. The Morgan fingerprint density at radius 2 is 0.603 bits per heavy atom. The maximum absolute atomic E-state index is 5.19. The fourth-order valence-corrected chi connectivity index (χ4v) is 9.75. The van der Waals surface area contributed by atoms with Gasteiger partial charge in [-0.3, -0.25) is 0 Å². The molecular weight excluding hydrogens is 769 g/mol. The van der Waals surface area contributed by atoms with Crippen LogP contribution in [0.25, 0.3) is 117 Å². The third kappa shape index (κ3) is 5.48. The Morgan fingerprint density at radius 3 is 1.14 bits per heavy atom. The molecule has 6 nitrogen and oxygen atoms in total. The fourth-order valence-electron chi connectivity index (χ4n) is 9.75. The molecule has 0 aliphatic rings. The lowest BCUT2D eigenvalue weighted by Crippen LogP contribution is -2.01. The number of benzene rings is 9. The highest BCUT2D eigenvalue weighted by Crippen LogP contribution is 2.42. The normalized spacial score (nSPS) is 11.8. The summed E-state index contributed by atoms with van der Waals surface area (Å²) >= 11 is 0. The van der Waals surface area contributed by atoms with Crippen molar-refractivity contribution in [1.29, 1.82) is 0 Å². The van der Waals surface area contributed by atoms with Gasteiger partial charge in [0.1, 0.15) is 0 Å². The summed E-state index contributed by atoms with van der Waals surface area (Å²) < 4.78 is 7.10. The van der Waals surface area contributed by atoms with Gasteiger partial charge in [0, 0.05) is 66.1 Å². The van der Waals surface area contributed by atoms with Crippen LogP contribution in [-0.2, 0) is 0 Å². The van der Waals surface area contributed by atoms with E-state index in [1.807, 2.05) is 18.2 Å². The molecule has 0 amide bonds. The highest BCUT2D eigenvalue weighted by Gasteiger charge is 2.21. The monoisotopic (exact) mass is 804 g/mol. The summed E-state index contributed by atoms with van der Waals surface area (Å²) in [6.07, 6.45) is 0. The second-order valence-electron chi connectivity index (χ2n) is 16.0. The van der Waals surface area contributed by atoms with Crippen LogP contribution in [0.15, 0.2) is 218 Å². The number of aromatic nitrogens is 6. The maximum Gasteiger partial charge on any atom is 0.164 e. The molecule has 6 heteroatoms. The minimum atomic E-state index is 0.616. The van der Waals surface area contributed by atoms with Crippen molar-refractivity contribution in [3.05, 3.63) is 218 Å². The van der Waals surface area contributed by atoms with Crippen LogP contribution in [0.3, 0.4) is 0 Å². The van der Waals surface area contributed by atoms with Crippen LogP contribution in [-0.4, -0.2) is 28.7 Å². The van der Waals surface area contributed by atoms with E-state index in [-0.39, 0.29) is 0 Å². The molecule has 0 aliphatic carbocycles. The van der Waals surface area contributed by atoms with Gasteiger partial charge in [0.2, 0.25) is 0 Å². The Labute approximate surface area is 362 Å². The molecule has 0 unspecified atom stereocenters. The number of para-hydroxylation sites is 5. The molecule has 9 aromatic carbocycles. The average Bonchev–Trinajstić information content (AvgIpc) is 4.00. The molecule has 0 fully saturated rings. The van der Waals surface area contributed by atoms with Gasteiger partial charge in [-0.2, -0.15) is 0 Å². The smallest absolute Gasteiger partial charge is 0.164 e. The van der Waals surface area contributed by atoms with Gasteiger partial charge in [0.15, 0.2) is 17.5 Å². The molecule has 0 atom stereocenters. The number of nitrogens with zero attached hydrogens (tertiary/aromatic N) is 6. The van der Waals surface area contributed by atoms with Crippen LogP contribution >= 0.6 is 0 Å². The Morgan fingerprint density at radius 1 is 0.238 bits per heavy atom. The summed E-state index contributed by atoms with van der Waals surface area (Å²) in [4.78, 5) is 15.4. The Hall–Kier alpha value is -8.61. The third-order valence-corrected chi connectivity index (χ3v) is 12.5. The summed E-state index contributed by atoms with van der Waals surface area (Å²) in [6.45, 7) is 0. The predicted octanol–water partition coefficient (Wildman–Crippen LogP) is 14.2. The zero-order valence-electron chi connectivity index (χ0n) is 34.0. The molecule has 63 heavy (non-hydrogen) atoms. The van der Waals surface area contributed by atoms with Crippen LogP contribution in [0, 0.1) is 0 Å². The van der Waals surface area contributed by atoms with Crippen LogP contribution in [0.4, 0.5) is 0 Å². The molecule has 0 aliphatic heterocycles. The number of hydrogen-bond donors (Lipinski definition) is 0. The second-order valence-corrected chi connectivity index (χ2v) is 16.0. The second kappa shape index (κ2) is 14.0. The quantitative estimate of drug-likeness (QED) is 0.168. The standard InChI is InChI=1S/C57H36N6/c1-3-16-37(17-4-1)55-58-56(60-57(59-55)39-18-15-21-42(36-39)63-47-26-11-7-22-43(47)44-23-8-12-27-48(44)63)38-30-32-41(33-31-38)62-50-29-14-10-25-46(50)54-52(62)35-34-51-53(54)45-24-9-13-28-49(45)61(51)40-19-5-2-6-20-40/h1-36H. The molecule has 0 saturated heterocycles. The van der Waals surface area contributed by atoms with Crippen molar-refractivity contribution >= 4 is 65.4 Å². The Bertz CT molecular complexity index is 3840. The molecule has 0 saturated carbocycles. The number of rotatable bonds is 6. The highest BCUT2D eigenvalue weighted by molar-refractivity contribution is 6.29. The van der Waals surface area contributed by atoms with E-state index < -0.39 is 0 Å². The first-order valence-corrected chi connectivity index (χ1v) is 21.3. The molecule has 13 rings (SSSR count). The van der Waals surface area contributed by atoms with Crippen molar-refractivity contribution in [3.8, 4) is 51.2 Å². The van der Waals surface area contributed by atoms with E-state index in [0.29, 0.717) is 17.5 Å². The highest BCUT2D eigenvalue weighted by atomic mass is 15.0. The predicted molar refractivity (Wildman–Crippen MR) is 259 cm³/mol. The minimum Gasteiger partial charge on any atom is -0.309 e. The van der Waals surface area contributed by atoms with Crippen molar-refractivity contribution in [2.24, 2.45) is 0 Å². The molecule has 0 radical (unpaired) electrons. The summed E-state index contributed by atoms with van der Waals surface area (Å²) in [7, 11) is 0. The van der Waals surface area contributed by atoms with E-state index >= 15 is 0 Å². The summed E-state index contributed by atoms with van der Waals surface area (Å²) in [5.41, 5.74) is 13.0. The van der Waals surface area contributed by atoms with Gasteiger partial charge in [-0.25, -0.2) is 15.0 Å². The topological polar surface area (TPSA) is 53.5 Å². The van der Waals surface area contributed by atoms with Gasteiger partial charge in [0.05, 0.1) is 33.1 Å². The molecule has 0 bridgehead atoms. The fraction of sp³-hybridized carbons (Fsp3) is 0. The zero-order chi connectivity index (χ0) is 41.4. The van der Waals surface area contributed by atoms with E-state index in [1.54, 1.807) is 0 Å². The van der Waals surface area contributed by atoms with Crippen molar-refractivity contribution in [2.75, 3.05) is 0 Å². The summed E-state index contributed by atoms with van der Waals surface area (Å²) in [5, 5.41) is 7.40. The first-order valence-electron chi connectivity index (χ1n) is 21.3. The van der Waals surface area contributed by atoms with Gasteiger partial charge in [-0.05, 0) is 84.9 Å². The number of fused-ring (bicyclic) bond motifs is 10. The third-order valence-electron chi connectivity index (χ3n) is 12.5. The molecule has 294 valence electrons. The van der Waals surface area contributed by atoms with Gasteiger partial charge >= 0.3 is 0 Å². The minimum absolute atomic E-state index is 0.616. The lowest BCUT2D eigenvalue weighted by molar-refractivity contribution is 1.07. The van der Waals surface area contributed by atoms with Crippen molar-refractivity contribution in [2.45, 2.75) is 0 Å². The van der Waals surface area contributed by atoms with E-state index in [0.717, 1.165) is 55.8 Å². The van der Waals surface area contributed by atoms with E-state index in [4.69, 9.17) is 15.0 Å². The molecule has 4 heterocycles. The van der Waals surface area contributed by atoms with Crippen LogP contribution in [0.5, 0.6) is 0 Å². The van der Waals surface area contributed by atoms with Crippen molar-refractivity contribution in [1.82, 2.24) is 28.7 Å². The Balaban J connectivity index is 0.958. The summed E-state index contributed by atoms with van der Waals surface area (Å²) in [6, 6.07) is 77.2. The lowest BCUT2D eigenvalue weighted by Gasteiger charge is -2.12. The largest absolute Gasteiger partial charge is 0.309 e. The lowest BCUT2D eigenvalue weighted by atomic mass is 10.1. The van der Waals surface area contributed by atoms with Gasteiger partial charge in [0.25, 0.3) is 0 Å². The van der Waals surface area contributed by atoms with Gasteiger partial charge < -0.3 is 13.7 Å². The zero-order valence-corrected chi connectivity index (χ0v) is 34.0. The molecule has 0 spiro atoms. The van der Waals surface area contributed by atoms with Crippen molar-refractivity contribution < 1.29 is 0 Å². The van der Waals surface area contributed by atoms with Crippen LogP contribution in [0.1, 0.15) is 0 Å². The van der Waals surface area contributed by atoms with Gasteiger partial charge in [-0.1, -0.05) is 133 Å². The maximum atomic E-state index is 5.19. The Kier molecular flexibility index (Phi) is 7.80. The van der Waals surface area contributed by atoms with Crippen LogP contribution in [0.2, 0.25) is 0 Å².